The summed E-state index contributed by atoms with van der Waals surface area (Å²) in [6.45, 7) is 4.17. The van der Waals surface area contributed by atoms with Crippen molar-refractivity contribution in [2.45, 2.75) is 19.8 Å². The Morgan fingerprint density at radius 2 is 1.84 bits per heavy atom. The Morgan fingerprint density at radius 1 is 1.03 bits per heavy atom. The maximum absolute atomic E-state index is 13.5. The van der Waals surface area contributed by atoms with Gasteiger partial charge in [-0.05, 0) is 72.0 Å². The Bertz CT molecular complexity index is 1100. The molecular formula is C25H25ClFN3O. The molecule has 0 spiro atoms. The first-order valence-corrected chi connectivity index (χ1v) is 10.9. The number of carbonyl (C=O) groups excluding carboxylic acids is 1. The Kier molecular flexibility index (Phi) is 6.54. The Labute approximate surface area is 187 Å². The van der Waals surface area contributed by atoms with Gasteiger partial charge in [0.15, 0.2) is 0 Å². The highest BCUT2D eigenvalue weighted by molar-refractivity contribution is 6.31. The molecule has 0 bridgehead atoms. The van der Waals surface area contributed by atoms with Gasteiger partial charge in [0.25, 0.3) is 0 Å². The van der Waals surface area contributed by atoms with Crippen LogP contribution in [0.4, 0.5) is 20.6 Å². The van der Waals surface area contributed by atoms with Gasteiger partial charge in [0.2, 0.25) is 0 Å². The van der Waals surface area contributed by atoms with E-state index in [0.29, 0.717) is 18.8 Å². The Hall–Kier alpha value is -2.89. The van der Waals surface area contributed by atoms with Crippen molar-refractivity contribution in [2.24, 2.45) is 0 Å². The van der Waals surface area contributed by atoms with E-state index in [1.165, 1.54) is 40.5 Å². The lowest BCUT2D eigenvalue weighted by Crippen LogP contribution is -2.40. The maximum Gasteiger partial charge on any atom is 0.326 e. The highest BCUT2D eigenvalue weighted by Gasteiger charge is 2.22. The highest BCUT2D eigenvalue weighted by atomic mass is 35.5. The molecule has 6 heteroatoms. The van der Waals surface area contributed by atoms with Crippen molar-refractivity contribution in [3.05, 3.63) is 82.6 Å². The van der Waals surface area contributed by atoms with E-state index >= 15 is 0 Å². The molecule has 160 valence electrons. The first-order valence-electron chi connectivity index (χ1n) is 10.5. The molecule has 2 amide bonds. The molecule has 0 atom stereocenters. The zero-order valence-corrected chi connectivity index (χ0v) is 18.2. The number of hydrogen-bond acceptors (Lipinski definition) is 2. The van der Waals surface area contributed by atoms with Crippen molar-refractivity contribution in [3.63, 3.8) is 0 Å². The number of urea groups is 1. The molecule has 0 aliphatic heterocycles. The van der Waals surface area contributed by atoms with E-state index < -0.39 is 5.82 Å². The SMILES string of the molecule is CCCNCCN(C(=O)Nc1ccc(F)c(Cl)c1)c1ccc2c(c1)Cc1ccccc1-2. The summed E-state index contributed by atoms with van der Waals surface area (Å²) in [6.07, 6.45) is 1.88. The molecule has 0 fully saturated rings. The molecule has 0 saturated heterocycles. The number of amides is 2. The van der Waals surface area contributed by atoms with Gasteiger partial charge in [-0.25, -0.2) is 9.18 Å². The van der Waals surface area contributed by atoms with Crippen LogP contribution in [0.2, 0.25) is 5.02 Å². The van der Waals surface area contributed by atoms with E-state index in [-0.39, 0.29) is 11.1 Å². The van der Waals surface area contributed by atoms with E-state index in [2.05, 4.69) is 54.0 Å². The lowest BCUT2D eigenvalue weighted by Gasteiger charge is -2.24. The van der Waals surface area contributed by atoms with Crippen LogP contribution in [-0.2, 0) is 6.42 Å². The van der Waals surface area contributed by atoms with Crippen molar-refractivity contribution in [1.29, 1.82) is 0 Å². The van der Waals surface area contributed by atoms with Gasteiger partial charge in [0.05, 0.1) is 5.02 Å². The summed E-state index contributed by atoms with van der Waals surface area (Å²) in [5.41, 5.74) is 6.27. The van der Waals surface area contributed by atoms with E-state index in [0.717, 1.165) is 25.1 Å². The van der Waals surface area contributed by atoms with Crippen LogP contribution in [0.15, 0.2) is 60.7 Å². The Balaban J connectivity index is 1.58. The molecule has 3 aromatic carbocycles. The monoisotopic (exact) mass is 437 g/mol. The number of rotatable bonds is 7. The average Bonchev–Trinajstić information content (AvgIpc) is 3.14. The predicted octanol–water partition coefficient (Wildman–Crippen LogP) is 6.09. The van der Waals surface area contributed by atoms with Crippen LogP contribution in [0.25, 0.3) is 11.1 Å². The van der Waals surface area contributed by atoms with Gasteiger partial charge in [-0.3, -0.25) is 4.90 Å². The molecule has 0 heterocycles. The van der Waals surface area contributed by atoms with Crippen molar-refractivity contribution >= 4 is 29.0 Å². The molecule has 4 nitrogen and oxygen atoms in total. The van der Waals surface area contributed by atoms with E-state index in [9.17, 15) is 9.18 Å². The molecule has 3 aromatic rings. The minimum atomic E-state index is -0.515. The first-order chi connectivity index (χ1) is 15.1. The van der Waals surface area contributed by atoms with Crippen LogP contribution >= 0.6 is 11.6 Å². The van der Waals surface area contributed by atoms with Gasteiger partial charge in [0, 0.05) is 24.5 Å². The number of anilines is 2. The minimum Gasteiger partial charge on any atom is -0.315 e. The summed E-state index contributed by atoms with van der Waals surface area (Å²) in [6, 6.07) is 18.4. The molecular weight excluding hydrogens is 413 g/mol. The molecule has 0 radical (unpaired) electrons. The smallest absolute Gasteiger partial charge is 0.315 e. The van der Waals surface area contributed by atoms with Gasteiger partial charge in [0.1, 0.15) is 5.82 Å². The fraction of sp³-hybridized carbons (Fsp3) is 0.240. The molecule has 2 N–H and O–H groups in total. The molecule has 4 rings (SSSR count). The van der Waals surface area contributed by atoms with Crippen LogP contribution in [0.5, 0.6) is 0 Å². The minimum absolute atomic E-state index is 0.0238. The van der Waals surface area contributed by atoms with Gasteiger partial charge >= 0.3 is 6.03 Å². The van der Waals surface area contributed by atoms with Gasteiger partial charge in [-0.1, -0.05) is 48.9 Å². The summed E-state index contributed by atoms with van der Waals surface area (Å²) >= 11 is 5.87. The number of carbonyl (C=O) groups is 1. The number of fused-ring (bicyclic) bond motifs is 3. The van der Waals surface area contributed by atoms with Crippen molar-refractivity contribution in [3.8, 4) is 11.1 Å². The highest BCUT2D eigenvalue weighted by Crippen LogP contribution is 2.38. The second-order valence-electron chi connectivity index (χ2n) is 7.64. The molecule has 31 heavy (non-hydrogen) atoms. The third-order valence-electron chi connectivity index (χ3n) is 5.44. The fourth-order valence-corrected chi connectivity index (χ4v) is 4.09. The van der Waals surface area contributed by atoms with Gasteiger partial charge in [-0.2, -0.15) is 0 Å². The largest absolute Gasteiger partial charge is 0.326 e. The standard InChI is InChI=1S/C25H25ClFN3O/c1-2-11-28-12-13-30(25(31)29-19-7-10-24(27)23(26)16-19)20-8-9-22-18(15-20)14-17-5-3-4-6-21(17)22/h3-10,15-16,28H,2,11-14H2,1H3,(H,29,31). The van der Waals surface area contributed by atoms with Crippen molar-refractivity contribution in [2.75, 3.05) is 29.9 Å². The van der Waals surface area contributed by atoms with Crippen LogP contribution in [-0.4, -0.2) is 25.7 Å². The fourth-order valence-electron chi connectivity index (χ4n) is 3.90. The molecule has 1 aliphatic carbocycles. The number of hydrogen-bond donors (Lipinski definition) is 2. The van der Waals surface area contributed by atoms with Gasteiger partial charge < -0.3 is 10.6 Å². The molecule has 1 aliphatic rings. The van der Waals surface area contributed by atoms with E-state index in [1.807, 2.05) is 6.07 Å². The quantitative estimate of drug-likeness (QED) is 0.344. The second kappa shape index (κ2) is 9.50. The number of nitrogens with one attached hydrogen (secondary N) is 2. The molecule has 0 aromatic heterocycles. The summed E-state index contributed by atoms with van der Waals surface area (Å²) in [5.74, 6) is -0.515. The molecule has 0 saturated carbocycles. The lowest BCUT2D eigenvalue weighted by atomic mass is 10.1. The lowest BCUT2D eigenvalue weighted by molar-refractivity contribution is 0.257. The van der Waals surface area contributed by atoms with Crippen LogP contribution < -0.4 is 15.5 Å². The van der Waals surface area contributed by atoms with Crippen molar-refractivity contribution in [1.82, 2.24) is 5.32 Å². The van der Waals surface area contributed by atoms with E-state index in [4.69, 9.17) is 11.6 Å². The van der Waals surface area contributed by atoms with Crippen molar-refractivity contribution < 1.29 is 9.18 Å². The number of benzene rings is 3. The number of halogens is 2. The maximum atomic E-state index is 13.5. The van der Waals surface area contributed by atoms with Crippen LogP contribution in [0, 0.1) is 5.82 Å². The summed E-state index contributed by atoms with van der Waals surface area (Å²) in [7, 11) is 0. The topological polar surface area (TPSA) is 44.4 Å². The zero-order valence-electron chi connectivity index (χ0n) is 17.4. The summed E-state index contributed by atoms with van der Waals surface area (Å²) in [5, 5.41) is 6.16. The van der Waals surface area contributed by atoms with Crippen LogP contribution in [0.1, 0.15) is 24.5 Å². The zero-order chi connectivity index (χ0) is 21.8. The Morgan fingerprint density at radius 3 is 2.65 bits per heavy atom. The van der Waals surface area contributed by atoms with Gasteiger partial charge in [-0.15, -0.1) is 0 Å². The predicted molar refractivity (Wildman–Crippen MR) is 126 cm³/mol. The average molecular weight is 438 g/mol. The molecule has 0 unspecified atom stereocenters. The second-order valence-corrected chi connectivity index (χ2v) is 8.04. The third kappa shape index (κ3) is 4.73. The van der Waals surface area contributed by atoms with E-state index in [1.54, 1.807) is 4.90 Å². The normalized spacial score (nSPS) is 11.7. The number of nitrogens with zero attached hydrogens (tertiary/aromatic N) is 1. The first kappa shape index (κ1) is 21.3. The van der Waals surface area contributed by atoms with Crippen LogP contribution in [0.3, 0.4) is 0 Å². The summed E-state index contributed by atoms with van der Waals surface area (Å²) in [4.78, 5) is 14.9. The summed E-state index contributed by atoms with van der Waals surface area (Å²) < 4.78 is 13.5. The third-order valence-corrected chi connectivity index (χ3v) is 5.73.